The molecule has 1 heterocycles. The van der Waals surface area contributed by atoms with Crippen molar-refractivity contribution in [3.8, 4) is 17.2 Å². The standard InChI is InChI=1S/C25H28N2O5S2/c1-30-19-10-7-6-9-18(19)26-23(28)11-5-4-8-14-27-24(29)22(34-25(27)33)16-17-12-13-20(31-2)21(15-17)32-3/h6-7,9-10,12-13,15-16H,4-5,8,11,14H2,1-3H3,(H,26,28)/b22-16-. The topological polar surface area (TPSA) is 77.1 Å². The van der Waals surface area contributed by atoms with Crippen molar-refractivity contribution in [3.05, 3.63) is 52.9 Å². The SMILES string of the molecule is COc1ccccc1NC(=O)CCCCCN1C(=O)/C(=C/c2ccc(OC)c(OC)c2)SC1=S. The molecule has 2 aromatic carbocycles. The van der Waals surface area contributed by atoms with Crippen LogP contribution < -0.4 is 19.5 Å². The van der Waals surface area contributed by atoms with Gasteiger partial charge in [0.1, 0.15) is 10.1 Å². The zero-order chi connectivity index (χ0) is 24.5. The Morgan fingerprint density at radius 3 is 2.47 bits per heavy atom. The van der Waals surface area contributed by atoms with Crippen molar-refractivity contribution in [1.29, 1.82) is 0 Å². The van der Waals surface area contributed by atoms with Crippen molar-refractivity contribution < 1.29 is 23.8 Å². The first-order chi connectivity index (χ1) is 16.5. The van der Waals surface area contributed by atoms with Crippen LogP contribution in [0.15, 0.2) is 47.4 Å². The largest absolute Gasteiger partial charge is 0.495 e. The molecule has 1 N–H and O–H groups in total. The number of thiocarbonyl (C=S) groups is 1. The molecular formula is C25H28N2O5S2. The highest BCUT2D eigenvalue weighted by molar-refractivity contribution is 8.26. The molecule has 2 aromatic rings. The second-order valence-corrected chi connectivity index (χ2v) is 9.18. The third kappa shape index (κ3) is 6.51. The van der Waals surface area contributed by atoms with Crippen molar-refractivity contribution in [2.45, 2.75) is 25.7 Å². The number of nitrogens with one attached hydrogen (secondary N) is 1. The van der Waals surface area contributed by atoms with Crippen molar-refractivity contribution >= 4 is 51.9 Å². The van der Waals surface area contributed by atoms with Crippen LogP contribution in [0.25, 0.3) is 6.08 Å². The number of hydrogen-bond acceptors (Lipinski definition) is 7. The molecule has 0 aliphatic carbocycles. The molecule has 3 rings (SSSR count). The van der Waals surface area contributed by atoms with E-state index in [1.165, 1.54) is 11.8 Å². The summed E-state index contributed by atoms with van der Waals surface area (Å²) in [5.41, 5.74) is 1.49. The summed E-state index contributed by atoms with van der Waals surface area (Å²) >= 11 is 6.72. The molecule has 0 atom stereocenters. The third-order valence-electron chi connectivity index (χ3n) is 5.25. The Balaban J connectivity index is 1.47. The Labute approximate surface area is 209 Å². The molecule has 0 spiro atoms. The molecule has 0 saturated carbocycles. The van der Waals surface area contributed by atoms with Crippen LogP contribution in [0, 0.1) is 0 Å². The first-order valence-electron chi connectivity index (χ1n) is 10.9. The van der Waals surface area contributed by atoms with Gasteiger partial charge >= 0.3 is 0 Å². The van der Waals surface area contributed by atoms with Gasteiger partial charge in [-0.1, -0.05) is 48.6 Å². The lowest BCUT2D eigenvalue weighted by molar-refractivity contribution is -0.122. The number of ether oxygens (including phenoxy) is 3. The summed E-state index contributed by atoms with van der Waals surface area (Å²) in [6.07, 6.45) is 4.50. The number of para-hydroxylation sites is 2. The molecule has 1 aliphatic rings. The summed E-state index contributed by atoms with van der Waals surface area (Å²) in [4.78, 5) is 27.3. The van der Waals surface area contributed by atoms with Crippen LogP contribution in [0.3, 0.4) is 0 Å². The molecule has 0 unspecified atom stereocenters. The number of carbonyl (C=O) groups is 2. The molecule has 0 radical (unpaired) electrons. The van der Waals surface area contributed by atoms with Crippen molar-refractivity contribution in [2.24, 2.45) is 0 Å². The number of thioether (sulfide) groups is 1. The summed E-state index contributed by atoms with van der Waals surface area (Å²) in [6.45, 7) is 0.530. The number of unbranched alkanes of at least 4 members (excludes halogenated alkanes) is 2. The van der Waals surface area contributed by atoms with Gasteiger partial charge in [0.25, 0.3) is 5.91 Å². The van der Waals surface area contributed by atoms with Crippen LogP contribution >= 0.6 is 24.0 Å². The number of carbonyl (C=O) groups excluding carboxylic acids is 2. The fraction of sp³-hybridized carbons (Fsp3) is 0.320. The van der Waals surface area contributed by atoms with Gasteiger partial charge in [-0.15, -0.1) is 0 Å². The molecule has 2 amide bonds. The Morgan fingerprint density at radius 2 is 1.74 bits per heavy atom. The van der Waals surface area contributed by atoms with Crippen LogP contribution in [0.5, 0.6) is 17.2 Å². The monoisotopic (exact) mass is 500 g/mol. The van der Waals surface area contributed by atoms with Gasteiger partial charge in [0, 0.05) is 13.0 Å². The van der Waals surface area contributed by atoms with Crippen molar-refractivity contribution in [3.63, 3.8) is 0 Å². The molecule has 7 nitrogen and oxygen atoms in total. The normalized spacial score (nSPS) is 14.4. The second-order valence-electron chi connectivity index (χ2n) is 7.51. The van der Waals surface area contributed by atoms with Crippen LogP contribution in [0.1, 0.15) is 31.2 Å². The number of methoxy groups -OCH3 is 3. The Morgan fingerprint density at radius 1 is 1.00 bits per heavy atom. The molecular weight excluding hydrogens is 472 g/mol. The highest BCUT2D eigenvalue weighted by Crippen LogP contribution is 2.35. The van der Waals surface area contributed by atoms with E-state index in [1.54, 1.807) is 44.4 Å². The molecule has 180 valence electrons. The van der Waals surface area contributed by atoms with Crippen LogP contribution in [0.4, 0.5) is 5.69 Å². The first-order valence-corrected chi connectivity index (χ1v) is 12.1. The van der Waals surface area contributed by atoms with E-state index >= 15 is 0 Å². The highest BCUT2D eigenvalue weighted by Gasteiger charge is 2.31. The predicted molar refractivity (Wildman–Crippen MR) is 140 cm³/mol. The maximum Gasteiger partial charge on any atom is 0.266 e. The van der Waals surface area contributed by atoms with Gasteiger partial charge in [-0.2, -0.15) is 0 Å². The number of nitrogens with zero attached hydrogens (tertiary/aromatic N) is 1. The number of benzene rings is 2. The number of hydrogen-bond donors (Lipinski definition) is 1. The molecule has 1 aliphatic heterocycles. The van der Waals surface area contributed by atoms with E-state index in [0.29, 0.717) is 45.1 Å². The average Bonchev–Trinajstić information content (AvgIpc) is 3.11. The minimum atomic E-state index is -0.0984. The van der Waals surface area contributed by atoms with Crippen LogP contribution in [0.2, 0.25) is 0 Å². The minimum absolute atomic E-state index is 0.0621. The van der Waals surface area contributed by atoms with Crippen molar-refractivity contribution in [2.75, 3.05) is 33.2 Å². The Bertz CT molecular complexity index is 1090. The molecule has 34 heavy (non-hydrogen) atoms. The summed E-state index contributed by atoms with van der Waals surface area (Å²) in [5.74, 6) is 1.70. The van der Waals surface area contributed by atoms with E-state index in [4.69, 9.17) is 26.4 Å². The summed E-state index contributed by atoms with van der Waals surface area (Å²) in [5, 5.41) is 2.88. The number of anilines is 1. The number of rotatable bonds is 11. The van der Waals surface area contributed by atoms with E-state index < -0.39 is 0 Å². The lowest BCUT2D eigenvalue weighted by Crippen LogP contribution is -2.29. The van der Waals surface area contributed by atoms with Gasteiger partial charge in [0.2, 0.25) is 5.91 Å². The first kappa shape index (κ1) is 25.6. The van der Waals surface area contributed by atoms with Gasteiger partial charge < -0.3 is 19.5 Å². The number of amides is 2. The van der Waals surface area contributed by atoms with E-state index in [-0.39, 0.29) is 11.8 Å². The minimum Gasteiger partial charge on any atom is -0.495 e. The van der Waals surface area contributed by atoms with Gasteiger partial charge in [0.15, 0.2) is 11.5 Å². The van der Waals surface area contributed by atoms with Gasteiger partial charge in [-0.3, -0.25) is 14.5 Å². The summed E-state index contributed by atoms with van der Waals surface area (Å²) in [6, 6.07) is 12.8. The van der Waals surface area contributed by atoms with Crippen LogP contribution in [-0.4, -0.2) is 48.9 Å². The molecule has 0 aromatic heterocycles. The fourth-order valence-electron chi connectivity index (χ4n) is 3.48. The Hall–Kier alpha value is -3.04. The third-order valence-corrected chi connectivity index (χ3v) is 6.62. The molecule has 0 bridgehead atoms. The fourth-order valence-corrected chi connectivity index (χ4v) is 4.79. The highest BCUT2D eigenvalue weighted by atomic mass is 32.2. The van der Waals surface area contributed by atoms with Gasteiger partial charge in [-0.25, -0.2) is 0 Å². The van der Waals surface area contributed by atoms with E-state index in [9.17, 15) is 9.59 Å². The van der Waals surface area contributed by atoms with E-state index in [1.807, 2.05) is 30.3 Å². The molecule has 1 fully saturated rings. The maximum absolute atomic E-state index is 12.9. The smallest absolute Gasteiger partial charge is 0.266 e. The lowest BCUT2D eigenvalue weighted by atomic mass is 10.1. The maximum atomic E-state index is 12.9. The van der Waals surface area contributed by atoms with E-state index in [0.717, 1.165) is 24.8 Å². The summed E-state index contributed by atoms with van der Waals surface area (Å²) in [7, 11) is 4.72. The molecule has 1 saturated heterocycles. The Kier molecular flexibility index (Phi) is 9.35. The predicted octanol–water partition coefficient (Wildman–Crippen LogP) is 5.11. The van der Waals surface area contributed by atoms with Gasteiger partial charge in [-0.05, 0) is 48.7 Å². The van der Waals surface area contributed by atoms with Crippen molar-refractivity contribution in [1.82, 2.24) is 4.90 Å². The summed E-state index contributed by atoms with van der Waals surface area (Å²) < 4.78 is 16.4. The van der Waals surface area contributed by atoms with E-state index in [2.05, 4.69) is 5.32 Å². The van der Waals surface area contributed by atoms with Crippen LogP contribution in [-0.2, 0) is 9.59 Å². The quantitative estimate of drug-likeness (QED) is 0.261. The van der Waals surface area contributed by atoms with Gasteiger partial charge in [0.05, 0.1) is 31.9 Å². The average molecular weight is 501 g/mol. The zero-order valence-electron chi connectivity index (χ0n) is 19.5. The molecule has 9 heteroatoms. The lowest BCUT2D eigenvalue weighted by Gasteiger charge is -2.14. The second kappa shape index (κ2) is 12.4. The zero-order valence-corrected chi connectivity index (χ0v) is 21.1.